The fourth-order valence-corrected chi connectivity index (χ4v) is 1.24. The Morgan fingerprint density at radius 2 is 2.50 bits per heavy atom. The Morgan fingerprint density at radius 3 is 3.08 bits per heavy atom. The number of nitrogens with zero attached hydrogens (tertiary/aromatic N) is 1. The molecule has 0 aliphatic carbocycles. The molecule has 0 radical (unpaired) electrons. The fourth-order valence-electron chi connectivity index (χ4n) is 1.24. The van der Waals surface area contributed by atoms with Gasteiger partial charge in [0, 0.05) is 18.8 Å². The minimum absolute atomic E-state index is 0.0313. The van der Waals surface area contributed by atoms with Gasteiger partial charge in [0.1, 0.15) is 0 Å². The number of amides is 1. The number of pyridine rings is 1. The van der Waals surface area contributed by atoms with Crippen molar-refractivity contribution < 1.29 is 4.79 Å². The summed E-state index contributed by atoms with van der Waals surface area (Å²) in [7, 11) is 0. The molecule has 12 heavy (non-hydrogen) atoms. The van der Waals surface area contributed by atoms with E-state index in [2.05, 4.69) is 15.8 Å². The summed E-state index contributed by atoms with van der Waals surface area (Å²) in [5.41, 5.74) is 6.47. The van der Waals surface area contributed by atoms with Gasteiger partial charge in [0.2, 0.25) is 5.91 Å². The summed E-state index contributed by atoms with van der Waals surface area (Å²) in [6.45, 7) is 0. The van der Waals surface area contributed by atoms with Crippen molar-refractivity contribution in [3.05, 3.63) is 30.1 Å². The smallest absolute Gasteiger partial charge is 0.236 e. The molecule has 1 amide bonds. The average molecular weight is 163 g/mol. The third kappa shape index (κ3) is 1.29. The lowest BCUT2D eigenvalue weighted by Crippen LogP contribution is -2.27. The van der Waals surface area contributed by atoms with Crippen molar-refractivity contribution in [2.24, 2.45) is 0 Å². The van der Waals surface area contributed by atoms with Crippen LogP contribution in [0.2, 0.25) is 0 Å². The zero-order chi connectivity index (χ0) is 8.39. The van der Waals surface area contributed by atoms with Crippen LogP contribution in [0, 0.1) is 0 Å². The SMILES string of the molecule is O=C1CC(c2cccnc2)NN1. The first kappa shape index (κ1) is 7.24. The van der Waals surface area contributed by atoms with E-state index < -0.39 is 0 Å². The highest BCUT2D eigenvalue weighted by atomic mass is 16.2. The van der Waals surface area contributed by atoms with E-state index in [9.17, 15) is 4.79 Å². The van der Waals surface area contributed by atoms with E-state index in [-0.39, 0.29) is 11.9 Å². The lowest BCUT2D eigenvalue weighted by atomic mass is 10.1. The van der Waals surface area contributed by atoms with Gasteiger partial charge in [0.25, 0.3) is 0 Å². The van der Waals surface area contributed by atoms with E-state index in [1.807, 2.05) is 12.1 Å². The van der Waals surface area contributed by atoms with E-state index in [0.29, 0.717) is 6.42 Å². The second-order valence-corrected chi connectivity index (χ2v) is 2.74. The lowest BCUT2D eigenvalue weighted by Gasteiger charge is -2.06. The second kappa shape index (κ2) is 2.91. The van der Waals surface area contributed by atoms with E-state index >= 15 is 0 Å². The average Bonchev–Trinajstić information content (AvgIpc) is 2.54. The molecule has 1 aromatic rings. The first-order chi connectivity index (χ1) is 5.86. The minimum atomic E-state index is 0.0313. The topological polar surface area (TPSA) is 54.0 Å². The van der Waals surface area contributed by atoms with Gasteiger partial charge in [-0.15, -0.1) is 0 Å². The quantitative estimate of drug-likeness (QED) is 0.619. The molecule has 1 saturated heterocycles. The molecule has 0 spiro atoms. The summed E-state index contributed by atoms with van der Waals surface area (Å²) in [6.07, 6.45) is 3.97. The first-order valence-corrected chi connectivity index (χ1v) is 3.80. The Labute approximate surface area is 70.0 Å². The molecule has 1 atom stereocenters. The third-order valence-electron chi connectivity index (χ3n) is 1.86. The summed E-state index contributed by atoms with van der Waals surface area (Å²) in [5, 5.41) is 0. The van der Waals surface area contributed by atoms with Gasteiger partial charge in [0.15, 0.2) is 0 Å². The molecule has 2 heterocycles. The molecule has 1 fully saturated rings. The Hall–Kier alpha value is -1.42. The summed E-state index contributed by atoms with van der Waals surface area (Å²) < 4.78 is 0. The lowest BCUT2D eigenvalue weighted by molar-refractivity contribution is -0.119. The number of rotatable bonds is 1. The van der Waals surface area contributed by atoms with Crippen LogP contribution in [-0.4, -0.2) is 10.9 Å². The van der Waals surface area contributed by atoms with E-state index in [1.54, 1.807) is 12.4 Å². The van der Waals surface area contributed by atoms with E-state index in [4.69, 9.17) is 0 Å². The molecule has 1 aromatic heterocycles. The molecule has 2 N–H and O–H groups in total. The summed E-state index contributed by atoms with van der Waals surface area (Å²) in [6, 6.07) is 3.89. The van der Waals surface area contributed by atoms with Crippen molar-refractivity contribution in [2.45, 2.75) is 12.5 Å². The van der Waals surface area contributed by atoms with Crippen LogP contribution in [0.25, 0.3) is 0 Å². The molecule has 4 nitrogen and oxygen atoms in total. The Morgan fingerprint density at radius 1 is 1.58 bits per heavy atom. The highest BCUT2D eigenvalue weighted by Crippen LogP contribution is 2.17. The summed E-state index contributed by atoms with van der Waals surface area (Å²) in [4.78, 5) is 14.8. The number of hydrogen-bond donors (Lipinski definition) is 2. The van der Waals surface area contributed by atoms with Gasteiger partial charge in [-0.05, 0) is 11.6 Å². The van der Waals surface area contributed by atoms with Crippen LogP contribution in [0.3, 0.4) is 0 Å². The van der Waals surface area contributed by atoms with E-state index in [0.717, 1.165) is 5.56 Å². The van der Waals surface area contributed by atoms with Gasteiger partial charge in [0.05, 0.1) is 6.04 Å². The molecule has 0 aromatic carbocycles. The highest BCUT2D eigenvalue weighted by molar-refractivity contribution is 5.78. The van der Waals surface area contributed by atoms with Crippen LogP contribution in [0.4, 0.5) is 0 Å². The maximum Gasteiger partial charge on any atom is 0.236 e. The number of hydrazine groups is 1. The normalized spacial score (nSPS) is 22.3. The molecular weight excluding hydrogens is 154 g/mol. The largest absolute Gasteiger partial charge is 0.291 e. The van der Waals surface area contributed by atoms with Crippen molar-refractivity contribution in [2.75, 3.05) is 0 Å². The van der Waals surface area contributed by atoms with E-state index in [1.165, 1.54) is 0 Å². The van der Waals surface area contributed by atoms with Gasteiger partial charge >= 0.3 is 0 Å². The Kier molecular flexibility index (Phi) is 1.75. The van der Waals surface area contributed by atoms with Crippen LogP contribution in [0.1, 0.15) is 18.0 Å². The number of aromatic nitrogens is 1. The molecule has 0 bridgehead atoms. The van der Waals surface area contributed by atoms with Gasteiger partial charge in [-0.3, -0.25) is 15.2 Å². The molecule has 1 unspecified atom stereocenters. The van der Waals surface area contributed by atoms with Crippen LogP contribution in [0.15, 0.2) is 24.5 Å². The third-order valence-corrected chi connectivity index (χ3v) is 1.86. The fraction of sp³-hybridized carbons (Fsp3) is 0.250. The molecule has 0 saturated carbocycles. The number of hydrogen-bond acceptors (Lipinski definition) is 3. The maximum absolute atomic E-state index is 10.8. The Balaban J connectivity index is 2.16. The summed E-state index contributed by atoms with van der Waals surface area (Å²) >= 11 is 0. The van der Waals surface area contributed by atoms with Gasteiger partial charge < -0.3 is 0 Å². The minimum Gasteiger partial charge on any atom is -0.291 e. The van der Waals surface area contributed by atoms with Crippen molar-refractivity contribution in [1.82, 2.24) is 15.8 Å². The standard InChI is InChI=1S/C8H9N3O/c12-8-4-7(10-11-8)6-2-1-3-9-5-6/h1-3,5,7,10H,4H2,(H,11,12). The van der Waals surface area contributed by atoms with Crippen molar-refractivity contribution in [3.8, 4) is 0 Å². The van der Waals surface area contributed by atoms with Crippen LogP contribution < -0.4 is 10.9 Å². The molecule has 1 aliphatic rings. The predicted molar refractivity (Wildman–Crippen MR) is 42.9 cm³/mol. The Bertz CT molecular complexity index is 286. The molecule has 62 valence electrons. The van der Waals surface area contributed by atoms with Gasteiger partial charge in [-0.1, -0.05) is 6.07 Å². The molecular formula is C8H9N3O. The van der Waals surface area contributed by atoms with Gasteiger partial charge in [-0.2, -0.15) is 0 Å². The predicted octanol–water partition coefficient (Wildman–Crippen LogP) is 0.147. The van der Waals surface area contributed by atoms with Crippen LogP contribution in [-0.2, 0) is 4.79 Å². The molecule has 1 aliphatic heterocycles. The molecule has 4 heteroatoms. The number of nitrogens with one attached hydrogen (secondary N) is 2. The zero-order valence-corrected chi connectivity index (χ0v) is 6.45. The first-order valence-electron chi connectivity index (χ1n) is 3.80. The number of carbonyl (C=O) groups excluding carboxylic acids is 1. The molecule has 2 rings (SSSR count). The second-order valence-electron chi connectivity index (χ2n) is 2.74. The maximum atomic E-state index is 10.8. The van der Waals surface area contributed by atoms with Gasteiger partial charge in [-0.25, -0.2) is 5.43 Å². The van der Waals surface area contributed by atoms with Crippen LogP contribution >= 0.6 is 0 Å². The van der Waals surface area contributed by atoms with Crippen molar-refractivity contribution in [3.63, 3.8) is 0 Å². The van der Waals surface area contributed by atoms with Crippen molar-refractivity contribution >= 4 is 5.91 Å². The highest BCUT2D eigenvalue weighted by Gasteiger charge is 2.21. The number of carbonyl (C=O) groups is 1. The zero-order valence-electron chi connectivity index (χ0n) is 6.45. The van der Waals surface area contributed by atoms with Crippen molar-refractivity contribution in [1.29, 1.82) is 0 Å². The van der Waals surface area contributed by atoms with Crippen LogP contribution in [0.5, 0.6) is 0 Å². The summed E-state index contributed by atoms with van der Waals surface area (Å²) in [5.74, 6) is 0.0313. The monoisotopic (exact) mass is 163 g/mol.